The van der Waals surface area contributed by atoms with E-state index in [0.29, 0.717) is 11.1 Å². The monoisotopic (exact) mass is 403 g/mol. The average Bonchev–Trinajstić information content (AvgIpc) is 3.03. The molecule has 2 aromatic carbocycles. The van der Waals surface area contributed by atoms with Gasteiger partial charge in [-0.05, 0) is 42.9 Å². The maximum atomic E-state index is 6.22. The van der Waals surface area contributed by atoms with Crippen molar-refractivity contribution >= 4 is 52.3 Å². The zero-order valence-electron chi connectivity index (χ0n) is 14.1. The van der Waals surface area contributed by atoms with Crippen LogP contribution in [0.5, 0.6) is 0 Å². The van der Waals surface area contributed by atoms with Gasteiger partial charge in [0.2, 0.25) is 5.95 Å². The van der Waals surface area contributed by atoms with Gasteiger partial charge >= 0.3 is 0 Å². The number of nitrogens with zero attached hydrogens (tertiary/aromatic N) is 3. The molecule has 3 aromatic rings. The van der Waals surface area contributed by atoms with Crippen molar-refractivity contribution in [2.45, 2.75) is 24.4 Å². The summed E-state index contributed by atoms with van der Waals surface area (Å²) in [5.74, 6) is 1.34. The summed E-state index contributed by atoms with van der Waals surface area (Å²) in [7, 11) is 0. The van der Waals surface area contributed by atoms with Crippen LogP contribution in [0.3, 0.4) is 0 Å². The standard InChI is InChI=1S/C18H18ClN5S2/c1-2-24-16(21-17(25)20-14-9-4-3-5-10-14)22-23-18(24)26-12-13-8-6-7-11-15(13)19/h3-11H,2,12H2,1H3,(H2,20,21,22,25). The molecule has 5 nitrogen and oxygen atoms in total. The molecule has 0 aliphatic carbocycles. The summed E-state index contributed by atoms with van der Waals surface area (Å²) in [4.78, 5) is 0. The highest BCUT2D eigenvalue weighted by molar-refractivity contribution is 7.98. The maximum Gasteiger partial charge on any atom is 0.231 e. The first-order chi connectivity index (χ1) is 12.7. The lowest BCUT2D eigenvalue weighted by Gasteiger charge is -2.11. The molecule has 2 N–H and O–H groups in total. The minimum atomic E-state index is 0.473. The zero-order valence-corrected chi connectivity index (χ0v) is 16.5. The Morgan fingerprint density at radius 3 is 2.54 bits per heavy atom. The minimum absolute atomic E-state index is 0.473. The SMILES string of the molecule is CCn1c(NC(=S)Nc2ccccc2)nnc1SCc1ccccc1Cl. The minimum Gasteiger partial charge on any atom is -0.332 e. The Kier molecular flexibility index (Phi) is 6.49. The summed E-state index contributed by atoms with van der Waals surface area (Å²) in [5.41, 5.74) is 1.99. The van der Waals surface area contributed by atoms with Crippen LogP contribution < -0.4 is 10.6 Å². The number of hydrogen-bond donors (Lipinski definition) is 2. The highest BCUT2D eigenvalue weighted by atomic mass is 35.5. The van der Waals surface area contributed by atoms with Gasteiger partial charge in [-0.25, -0.2) is 0 Å². The molecule has 0 bridgehead atoms. The number of para-hydroxylation sites is 1. The van der Waals surface area contributed by atoms with Crippen molar-refractivity contribution in [3.05, 3.63) is 65.2 Å². The summed E-state index contributed by atoms with van der Waals surface area (Å²) in [5, 5.41) is 16.8. The molecular formula is C18H18ClN5S2. The molecule has 0 saturated carbocycles. The summed E-state index contributed by atoms with van der Waals surface area (Å²) in [6, 6.07) is 17.6. The van der Waals surface area contributed by atoms with Gasteiger partial charge in [0.25, 0.3) is 0 Å². The van der Waals surface area contributed by atoms with Crippen molar-refractivity contribution in [3.63, 3.8) is 0 Å². The molecule has 0 fully saturated rings. The smallest absolute Gasteiger partial charge is 0.231 e. The normalized spacial score (nSPS) is 10.5. The maximum absolute atomic E-state index is 6.22. The fourth-order valence-electron chi connectivity index (χ4n) is 2.32. The molecule has 0 saturated heterocycles. The second-order valence-electron chi connectivity index (χ2n) is 5.38. The van der Waals surface area contributed by atoms with Crippen molar-refractivity contribution in [2.24, 2.45) is 0 Å². The van der Waals surface area contributed by atoms with Gasteiger partial charge < -0.3 is 10.6 Å². The van der Waals surface area contributed by atoms with E-state index in [1.807, 2.05) is 66.1 Å². The van der Waals surface area contributed by atoms with Crippen LogP contribution in [-0.4, -0.2) is 19.9 Å². The fraction of sp³-hybridized carbons (Fsp3) is 0.167. The number of aromatic nitrogens is 3. The first-order valence-electron chi connectivity index (χ1n) is 8.10. The van der Waals surface area contributed by atoms with Gasteiger partial charge in [0.1, 0.15) is 0 Å². The van der Waals surface area contributed by atoms with E-state index < -0.39 is 0 Å². The van der Waals surface area contributed by atoms with Crippen molar-refractivity contribution in [1.29, 1.82) is 0 Å². The molecule has 0 unspecified atom stereocenters. The molecule has 0 atom stereocenters. The average molecular weight is 404 g/mol. The Morgan fingerprint density at radius 1 is 1.08 bits per heavy atom. The van der Waals surface area contributed by atoms with Crippen LogP contribution in [0, 0.1) is 0 Å². The summed E-state index contributed by atoms with van der Waals surface area (Å²) >= 11 is 13.2. The number of benzene rings is 2. The zero-order chi connectivity index (χ0) is 18.4. The second kappa shape index (κ2) is 9.02. The lowest BCUT2D eigenvalue weighted by Crippen LogP contribution is -2.21. The first kappa shape index (κ1) is 18.7. The van der Waals surface area contributed by atoms with E-state index in [2.05, 4.69) is 20.8 Å². The van der Waals surface area contributed by atoms with Crippen molar-refractivity contribution in [2.75, 3.05) is 10.6 Å². The van der Waals surface area contributed by atoms with Crippen LogP contribution in [0.2, 0.25) is 5.02 Å². The van der Waals surface area contributed by atoms with Gasteiger partial charge in [-0.1, -0.05) is 59.8 Å². The van der Waals surface area contributed by atoms with Gasteiger partial charge in [0.15, 0.2) is 10.3 Å². The topological polar surface area (TPSA) is 54.8 Å². The second-order valence-corrected chi connectivity index (χ2v) is 7.13. The van der Waals surface area contributed by atoms with Crippen LogP contribution in [0.15, 0.2) is 59.8 Å². The Bertz CT molecular complexity index is 882. The molecule has 0 amide bonds. The van der Waals surface area contributed by atoms with E-state index in [4.69, 9.17) is 23.8 Å². The highest BCUT2D eigenvalue weighted by Gasteiger charge is 2.13. The van der Waals surface area contributed by atoms with Crippen molar-refractivity contribution in [3.8, 4) is 0 Å². The van der Waals surface area contributed by atoms with Gasteiger partial charge in [0, 0.05) is 23.0 Å². The van der Waals surface area contributed by atoms with Crippen molar-refractivity contribution < 1.29 is 0 Å². The van der Waals surface area contributed by atoms with Gasteiger partial charge in [-0.3, -0.25) is 4.57 Å². The number of halogens is 1. The number of anilines is 2. The lowest BCUT2D eigenvalue weighted by atomic mass is 10.2. The van der Waals surface area contributed by atoms with E-state index in [0.717, 1.165) is 33.7 Å². The number of nitrogens with one attached hydrogen (secondary N) is 2. The highest BCUT2D eigenvalue weighted by Crippen LogP contribution is 2.27. The molecule has 0 aliphatic heterocycles. The summed E-state index contributed by atoms with van der Waals surface area (Å²) < 4.78 is 1.99. The van der Waals surface area contributed by atoms with Crippen LogP contribution in [0.1, 0.15) is 12.5 Å². The molecule has 26 heavy (non-hydrogen) atoms. The number of thiocarbonyl (C=S) groups is 1. The predicted octanol–water partition coefficient (Wildman–Crippen LogP) is 5.05. The number of rotatable bonds is 6. The van der Waals surface area contributed by atoms with E-state index in [1.165, 1.54) is 0 Å². The third-order valence-electron chi connectivity index (χ3n) is 3.60. The quantitative estimate of drug-likeness (QED) is 0.443. The Labute approximate surface area is 167 Å². The Balaban J connectivity index is 1.66. The number of hydrogen-bond acceptors (Lipinski definition) is 4. The Morgan fingerprint density at radius 2 is 1.81 bits per heavy atom. The fourth-order valence-corrected chi connectivity index (χ4v) is 3.81. The summed E-state index contributed by atoms with van der Waals surface area (Å²) in [6.45, 7) is 2.77. The third-order valence-corrected chi connectivity index (χ3v) is 5.19. The van der Waals surface area contributed by atoms with Crippen LogP contribution in [0.4, 0.5) is 11.6 Å². The molecule has 3 rings (SSSR count). The van der Waals surface area contributed by atoms with Crippen LogP contribution >= 0.6 is 35.6 Å². The first-order valence-corrected chi connectivity index (χ1v) is 9.87. The predicted molar refractivity (Wildman–Crippen MR) is 113 cm³/mol. The molecule has 1 aromatic heterocycles. The molecule has 1 heterocycles. The van der Waals surface area contributed by atoms with E-state index in [-0.39, 0.29) is 0 Å². The van der Waals surface area contributed by atoms with E-state index in [9.17, 15) is 0 Å². The molecule has 0 radical (unpaired) electrons. The lowest BCUT2D eigenvalue weighted by molar-refractivity contribution is 0.689. The van der Waals surface area contributed by atoms with Gasteiger partial charge in [-0.2, -0.15) is 0 Å². The molecule has 0 aliphatic rings. The molecular weight excluding hydrogens is 386 g/mol. The molecule has 8 heteroatoms. The van der Waals surface area contributed by atoms with Crippen LogP contribution in [0.25, 0.3) is 0 Å². The summed E-state index contributed by atoms with van der Waals surface area (Å²) in [6.07, 6.45) is 0. The van der Waals surface area contributed by atoms with E-state index >= 15 is 0 Å². The van der Waals surface area contributed by atoms with Gasteiger partial charge in [0.05, 0.1) is 0 Å². The molecule has 0 spiro atoms. The van der Waals surface area contributed by atoms with Gasteiger partial charge in [-0.15, -0.1) is 10.2 Å². The molecule has 134 valence electrons. The third kappa shape index (κ3) is 4.75. The largest absolute Gasteiger partial charge is 0.332 e. The van der Waals surface area contributed by atoms with Crippen LogP contribution in [-0.2, 0) is 12.3 Å². The van der Waals surface area contributed by atoms with Crippen molar-refractivity contribution in [1.82, 2.24) is 14.8 Å². The Hall–Kier alpha value is -2.09. The van der Waals surface area contributed by atoms with E-state index in [1.54, 1.807) is 11.8 Å². The number of thioether (sulfide) groups is 1.